The number of para-hydroxylation sites is 1. The van der Waals surface area contributed by atoms with Crippen LogP contribution in [0.5, 0.6) is 5.75 Å². The van der Waals surface area contributed by atoms with Crippen molar-refractivity contribution in [2.75, 3.05) is 26.2 Å². The van der Waals surface area contributed by atoms with Gasteiger partial charge in [0.25, 0.3) is 0 Å². The van der Waals surface area contributed by atoms with E-state index in [1.807, 2.05) is 6.07 Å². The standard InChI is InChI=1S/C25H32NO2/c1-4-7-11-25-23(22-10-8-9-12-24(22)28-25)19-20-13-15-21(16-14-20)27-18-17-26(5-2)6-3/h8-10,12-16,19H,4-7,11,17-18H2,1-3H3. The maximum Gasteiger partial charge on any atom is 0.134 e. The van der Waals surface area contributed by atoms with Gasteiger partial charge in [-0.2, -0.15) is 0 Å². The van der Waals surface area contributed by atoms with Crippen LogP contribution < -0.4 is 4.74 Å². The third kappa shape index (κ3) is 5.17. The van der Waals surface area contributed by atoms with Gasteiger partial charge in [-0.15, -0.1) is 0 Å². The highest BCUT2D eigenvalue weighted by Gasteiger charge is 2.14. The molecule has 0 N–H and O–H groups in total. The average molecular weight is 379 g/mol. The van der Waals surface area contributed by atoms with E-state index in [2.05, 4.69) is 74.6 Å². The monoisotopic (exact) mass is 378 g/mol. The van der Waals surface area contributed by atoms with E-state index < -0.39 is 0 Å². The van der Waals surface area contributed by atoms with Crippen molar-refractivity contribution >= 4 is 11.0 Å². The summed E-state index contributed by atoms with van der Waals surface area (Å²) in [4.78, 5) is 2.37. The molecule has 3 rings (SSSR count). The highest BCUT2D eigenvalue weighted by atomic mass is 16.5. The number of likely N-dealkylation sites (N-methyl/N-ethyl adjacent to an activating group) is 1. The summed E-state index contributed by atoms with van der Waals surface area (Å²) in [6.45, 7) is 10.4. The van der Waals surface area contributed by atoms with Crippen molar-refractivity contribution in [3.8, 4) is 5.75 Å². The van der Waals surface area contributed by atoms with Crippen LogP contribution in [0.15, 0.2) is 52.9 Å². The second-order valence-corrected chi connectivity index (χ2v) is 7.13. The van der Waals surface area contributed by atoms with Gasteiger partial charge in [-0.3, -0.25) is 0 Å². The van der Waals surface area contributed by atoms with E-state index in [0.29, 0.717) is 0 Å². The fourth-order valence-corrected chi connectivity index (χ4v) is 3.46. The van der Waals surface area contributed by atoms with Crippen LogP contribution in [0.2, 0.25) is 0 Å². The molecule has 0 atom stereocenters. The molecule has 3 aromatic rings. The molecule has 0 bridgehead atoms. The number of aryl methyl sites for hydroxylation is 1. The number of nitrogens with zero attached hydrogens (tertiary/aromatic N) is 1. The summed E-state index contributed by atoms with van der Waals surface area (Å²) in [5.74, 6) is 2.01. The largest absolute Gasteiger partial charge is 0.492 e. The highest BCUT2D eigenvalue weighted by molar-refractivity contribution is 5.84. The lowest BCUT2D eigenvalue weighted by molar-refractivity contribution is 0.223. The fourth-order valence-electron chi connectivity index (χ4n) is 3.46. The number of hydrogen-bond acceptors (Lipinski definition) is 3. The van der Waals surface area contributed by atoms with Gasteiger partial charge in [-0.1, -0.05) is 57.5 Å². The average Bonchev–Trinajstić information content (AvgIpc) is 3.08. The normalized spacial score (nSPS) is 11.4. The summed E-state index contributed by atoms with van der Waals surface area (Å²) >= 11 is 0. The number of ether oxygens (including phenoxy) is 1. The van der Waals surface area contributed by atoms with Gasteiger partial charge >= 0.3 is 0 Å². The minimum Gasteiger partial charge on any atom is -0.492 e. The molecule has 149 valence electrons. The molecule has 2 aromatic carbocycles. The highest BCUT2D eigenvalue weighted by Crippen LogP contribution is 2.30. The Bertz CT molecular complexity index is 847. The van der Waals surface area contributed by atoms with Gasteiger partial charge in [0.15, 0.2) is 0 Å². The topological polar surface area (TPSA) is 25.6 Å². The lowest BCUT2D eigenvalue weighted by Crippen LogP contribution is -2.27. The Morgan fingerprint density at radius 3 is 2.43 bits per heavy atom. The van der Waals surface area contributed by atoms with E-state index in [1.54, 1.807) is 0 Å². The van der Waals surface area contributed by atoms with Crippen molar-refractivity contribution in [2.24, 2.45) is 0 Å². The predicted molar refractivity (Wildman–Crippen MR) is 117 cm³/mol. The first-order valence-electron chi connectivity index (χ1n) is 10.6. The first-order chi connectivity index (χ1) is 13.7. The van der Waals surface area contributed by atoms with E-state index in [-0.39, 0.29) is 0 Å². The molecule has 0 saturated carbocycles. The van der Waals surface area contributed by atoms with Gasteiger partial charge in [-0.05, 0) is 43.3 Å². The lowest BCUT2D eigenvalue weighted by atomic mass is 10.00. The molecule has 0 aliphatic heterocycles. The molecule has 1 aromatic heterocycles. The zero-order chi connectivity index (χ0) is 19.8. The molecule has 0 saturated heterocycles. The Morgan fingerprint density at radius 2 is 1.71 bits per heavy atom. The number of fused-ring (bicyclic) bond motifs is 1. The number of unbranched alkanes of at least 4 members (excludes halogenated alkanes) is 1. The number of rotatable bonds is 11. The molecule has 1 heterocycles. The van der Waals surface area contributed by atoms with Crippen LogP contribution in [0.3, 0.4) is 0 Å². The molecule has 28 heavy (non-hydrogen) atoms. The van der Waals surface area contributed by atoms with E-state index in [9.17, 15) is 0 Å². The Balaban J connectivity index is 1.68. The van der Waals surface area contributed by atoms with Crippen LogP contribution in [-0.2, 0) is 6.42 Å². The van der Waals surface area contributed by atoms with Gasteiger partial charge < -0.3 is 14.1 Å². The molecule has 0 amide bonds. The van der Waals surface area contributed by atoms with Gasteiger partial charge in [0.05, 0.1) is 0 Å². The molecule has 0 fully saturated rings. The van der Waals surface area contributed by atoms with Crippen LogP contribution in [0.25, 0.3) is 11.0 Å². The number of benzene rings is 2. The zero-order valence-electron chi connectivity index (χ0n) is 17.4. The quantitative estimate of drug-likeness (QED) is 0.403. The summed E-state index contributed by atoms with van der Waals surface area (Å²) < 4.78 is 12.0. The SMILES string of the molecule is CCCCc1oc2ccccc2c1[CH]c1ccc(OCCN(CC)CC)cc1. The predicted octanol–water partition coefficient (Wildman–Crippen LogP) is 6.10. The molecule has 0 aliphatic carbocycles. The van der Waals surface area contributed by atoms with Crippen molar-refractivity contribution in [1.29, 1.82) is 0 Å². The van der Waals surface area contributed by atoms with E-state index >= 15 is 0 Å². The number of hydrogen-bond donors (Lipinski definition) is 0. The van der Waals surface area contributed by atoms with Crippen molar-refractivity contribution in [2.45, 2.75) is 40.0 Å². The molecule has 0 aliphatic rings. The molecular weight excluding hydrogens is 346 g/mol. The molecule has 3 heteroatoms. The molecule has 0 unspecified atom stereocenters. The minimum absolute atomic E-state index is 0.721. The van der Waals surface area contributed by atoms with Crippen molar-refractivity contribution in [3.63, 3.8) is 0 Å². The molecule has 1 radical (unpaired) electrons. The van der Waals surface area contributed by atoms with Crippen LogP contribution in [0, 0.1) is 6.42 Å². The Labute approximate surface area is 169 Å². The van der Waals surface area contributed by atoms with Crippen LogP contribution in [0.1, 0.15) is 50.5 Å². The summed E-state index contributed by atoms with van der Waals surface area (Å²) in [7, 11) is 0. The molecular formula is C25H32NO2. The van der Waals surface area contributed by atoms with Gasteiger partial charge in [0.2, 0.25) is 0 Å². The Hall–Kier alpha value is -2.26. The maximum atomic E-state index is 6.13. The molecule has 3 nitrogen and oxygen atoms in total. The summed E-state index contributed by atoms with van der Waals surface area (Å²) in [5.41, 5.74) is 3.34. The van der Waals surface area contributed by atoms with Crippen LogP contribution in [0.4, 0.5) is 0 Å². The fraction of sp³-hybridized carbons (Fsp3) is 0.400. The van der Waals surface area contributed by atoms with E-state index in [4.69, 9.17) is 9.15 Å². The van der Waals surface area contributed by atoms with Crippen molar-refractivity contribution in [3.05, 3.63) is 71.8 Å². The summed E-state index contributed by atoms with van der Waals surface area (Å²) in [6.07, 6.45) is 5.51. The van der Waals surface area contributed by atoms with Gasteiger partial charge in [-0.25, -0.2) is 0 Å². The van der Waals surface area contributed by atoms with Crippen LogP contribution in [-0.4, -0.2) is 31.1 Å². The zero-order valence-corrected chi connectivity index (χ0v) is 17.4. The van der Waals surface area contributed by atoms with Crippen LogP contribution >= 0.6 is 0 Å². The third-order valence-electron chi connectivity index (χ3n) is 5.23. The Kier molecular flexibility index (Phi) is 7.55. The van der Waals surface area contributed by atoms with E-state index in [0.717, 1.165) is 62.6 Å². The summed E-state index contributed by atoms with van der Waals surface area (Å²) in [6, 6.07) is 16.7. The Morgan fingerprint density at radius 1 is 0.964 bits per heavy atom. The van der Waals surface area contributed by atoms with Gasteiger partial charge in [0.1, 0.15) is 23.7 Å². The van der Waals surface area contributed by atoms with Crippen molar-refractivity contribution < 1.29 is 9.15 Å². The van der Waals surface area contributed by atoms with Gasteiger partial charge in [0, 0.05) is 30.3 Å². The second kappa shape index (κ2) is 10.3. The molecule has 0 spiro atoms. The minimum atomic E-state index is 0.721. The first kappa shape index (κ1) is 20.5. The van der Waals surface area contributed by atoms with Crippen molar-refractivity contribution in [1.82, 2.24) is 4.90 Å². The number of furan rings is 1. The van der Waals surface area contributed by atoms with E-state index in [1.165, 1.54) is 16.5 Å². The lowest BCUT2D eigenvalue weighted by Gasteiger charge is -2.18. The summed E-state index contributed by atoms with van der Waals surface area (Å²) in [5, 5.41) is 1.19. The maximum absolute atomic E-state index is 6.13. The first-order valence-corrected chi connectivity index (χ1v) is 10.6. The third-order valence-corrected chi connectivity index (χ3v) is 5.23. The smallest absolute Gasteiger partial charge is 0.134 e. The second-order valence-electron chi connectivity index (χ2n) is 7.13.